The van der Waals surface area contributed by atoms with Crippen molar-refractivity contribution in [1.29, 1.82) is 5.26 Å². The van der Waals surface area contributed by atoms with Crippen LogP contribution in [0.5, 0.6) is 0 Å². The van der Waals surface area contributed by atoms with Crippen LogP contribution in [0, 0.1) is 11.3 Å². The number of halogens is 1. The Morgan fingerprint density at radius 3 is 2.75 bits per heavy atom. The number of pyridine rings is 1. The molecule has 2 rings (SSSR count). The number of rotatable bonds is 1. The lowest BCUT2D eigenvalue weighted by molar-refractivity contribution is 1.13. The third-order valence-corrected chi connectivity index (χ3v) is 2.86. The predicted molar refractivity (Wildman–Crippen MR) is 68.5 cm³/mol. The highest BCUT2D eigenvalue weighted by Gasteiger charge is 2.10. The van der Waals surface area contributed by atoms with E-state index < -0.39 is 0 Å². The number of nitriles is 1. The molecule has 0 fully saturated rings. The topological polar surface area (TPSA) is 39.9 Å². The second-order valence-corrected chi connectivity index (χ2v) is 4.60. The number of hydrogen-bond donors (Lipinski definition) is 0. The SMILES string of the molecule is CN(C)c1c(C#N)cnc2cc(Br)ccc12. The van der Waals surface area contributed by atoms with Crippen molar-refractivity contribution in [1.82, 2.24) is 4.98 Å². The molecule has 0 aliphatic heterocycles. The van der Waals surface area contributed by atoms with Gasteiger partial charge in [-0.25, -0.2) is 0 Å². The highest BCUT2D eigenvalue weighted by Crippen LogP contribution is 2.29. The molecule has 0 aliphatic carbocycles. The normalized spacial score (nSPS) is 10.1. The summed E-state index contributed by atoms with van der Waals surface area (Å²) in [7, 11) is 3.86. The molecule has 0 spiro atoms. The van der Waals surface area contributed by atoms with Crippen molar-refractivity contribution < 1.29 is 0 Å². The summed E-state index contributed by atoms with van der Waals surface area (Å²) in [6, 6.07) is 8.05. The van der Waals surface area contributed by atoms with Gasteiger partial charge in [0.25, 0.3) is 0 Å². The first-order valence-electron chi connectivity index (χ1n) is 4.79. The Kier molecular flexibility index (Phi) is 2.80. The van der Waals surface area contributed by atoms with E-state index in [4.69, 9.17) is 5.26 Å². The van der Waals surface area contributed by atoms with Crippen molar-refractivity contribution in [2.24, 2.45) is 0 Å². The van der Waals surface area contributed by atoms with E-state index in [-0.39, 0.29) is 0 Å². The van der Waals surface area contributed by atoms with Gasteiger partial charge >= 0.3 is 0 Å². The maximum atomic E-state index is 9.06. The van der Waals surface area contributed by atoms with E-state index in [1.165, 1.54) is 0 Å². The number of nitrogens with zero attached hydrogens (tertiary/aromatic N) is 3. The van der Waals surface area contributed by atoms with Crippen molar-refractivity contribution >= 4 is 32.5 Å². The summed E-state index contributed by atoms with van der Waals surface area (Å²) < 4.78 is 0.988. The van der Waals surface area contributed by atoms with Crippen LogP contribution in [0.2, 0.25) is 0 Å². The Morgan fingerprint density at radius 1 is 1.38 bits per heavy atom. The zero-order valence-corrected chi connectivity index (χ0v) is 10.6. The van der Waals surface area contributed by atoms with E-state index in [1.54, 1.807) is 6.20 Å². The molecule has 1 aromatic heterocycles. The van der Waals surface area contributed by atoms with E-state index in [0.29, 0.717) is 5.56 Å². The molecule has 2 aromatic rings. The van der Waals surface area contributed by atoms with Gasteiger partial charge in [-0.1, -0.05) is 15.9 Å². The van der Waals surface area contributed by atoms with Gasteiger partial charge in [-0.2, -0.15) is 5.26 Å². The quantitative estimate of drug-likeness (QED) is 0.804. The molecule has 1 heterocycles. The molecule has 3 nitrogen and oxygen atoms in total. The van der Waals surface area contributed by atoms with Crippen LogP contribution >= 0.6 is 15.9 Å². The summed E-state index contributed by atoms with van der Waals surface area (Å²) in [6.07, 6.45) is 1.62. The van der Waals surface area contributed by atoms with Gasteiger partial charge in [0.05, 0.1) is 16.8 Å². The van der Waals surface area contributed by atoms with E-state index in [2.05, 4.69) is 27.0 Å². The molecule has 1 aromatic carbocycles. The number of aromatic nitrogens is 1. The van der Waals surface area contributed by atoms with Crippen LogP contribution in [0.3, 0.4) is 0 Å². The number of anilines is 1. The van der Waals surface area contributed by atoms with Crippen LogP contribution in [0.4, 0.5) is 5.69 Å². The molecule has 0 unspecified atom stereocenters. The van der Waals surface area contributed by atoms with Crippen molar-refractivity contribution in [3.05, 3.63) is 34.4 Å². The minimum atomic E-state index is 0.597. The average Bonchev–Trinajstić information content (AvgIpc) is 2.26. The van der Waals surface area contributed by atoms with Gasteiger partial charge in [-0.3, -0.25) is 4.98 Å². The largest absolute Gasteiger partial charge is 0.376 e. The molecule has 0 saturated heterocycles. The van der Waals surface area contributed by atoms with Gasteiger partial charge in [0.2, 0.25) is 0 Å². The molecule has 80 valence electrons. The van der Waals surface area contributed by atoms with Gasteiger partial charge in [0, 0.05) is 30.2 Å². The van der Waals surface area contributed by atoms with E-state index in [9.17, 15) is 0 Å². The van der Waals surface area contributed by atoms with Crippen LogP contribution in [0.15, 0.2) is 28.9 Å². The van der Waals surface area contributed by atoms with Gasteiger partial charge in [0.1, 0.15) is 6.07 Å². The van der Waals surface area contributed by atoms with Crippen LogP contribution in [-0.2, 0) is 0 Å². The molecule has 0 N–H and O–H groups in total. The zero-order chi connectivity index (χ0) is 11.7. The van der Waals surface area contributed by atoms with Crippen LogP contribution in [0.1, 0.15) is 5.56 Å². The van der Waals surface area contributed by atoms with Gasteiger partial charge in [-0.15, -0.1) is 0 Å². The van der Waals surface area contributed by atoms with E-state index in [1.807, 2.05) is 37.2 Å². The Bertz CT molecular complexity index is 585. The highest BCUT2D eigenvalue weighted by atomic mass is 79.9. The fourth-order valence-electron chi connectivity index (χ4n) is 1.72. The van der Waals surface area contributed by atoms with Crippen LogP contribution in [0.25, 0.3) is 10.9 Å². The van der Waals surface area contributed by atoms with E-state index in [0.717, 1.165) is 21.1 Å². The first-order chi connectivity index (χ1) is 7.63. The fourth-order valence-corrected chi connectivity index (χ4v) is 2.06. The van der Waals surface area contributed by atoms with Crippen molar-refractivity contribution in [3.8, 4) is 6.07 Å². The second kappa shape index (κ2) is 4.11. The summed E-state index contributed by atoms with van der Waals surface area (Å²) in [5.41, 5.74) is 2.40. The lowest BCUT2D eigenvalue weighted by Gasteiger charge is -2.16. The summed E-state index contributed by atoms with van der Waals surface area (Å²) >= 11 is 3.41. The third kappa shape index (κ3) is 1.74. The van der Waals surface area contributed by atoms with Gasteiger partial charge in [-0.05, 0) is 18.2 Å². The standard InChI is InChI=1S/C12H10BrN3/c1-16(2)12-8(6-14)7-15-11-5-9(13)3-4-10(11)12/h3-5,7H,1-2H3. The zero-order valence-electron chi connectivity index (χ0n) is 9.03. The molecule has 0 aliphatic rings. The maximum absolute atomic E-state index is 9.06. The fraction of sp³-hybridized carbons (Fsp3) is 0.167. The lowest BCUT2D eigenvalue weighted by Crippen LogP contribution is -2.11. The molecule has 0 bridgehead atoms. The summed E-state index contributed by atoms with van der Waals surface area (Å²) in [4.78, 5) is 6.22. The number of fused-ring (bicyclic) bond motifs is 1. The Morgan fingerprint density at radius 2 is 2.12 bits per heavy atom. The number of benzene rings is 1. The molecule has 0 radical (unpaired) electrons. The molecule has 4 heteroatoms. The monoisotopic (exact) mass is 275 g/mol. The minimum absolute atomic E-state index is 0.597. The third-order valence-electron chi connectivity index (χ3n) is 2.37. The van der Waals surface area contributed by atoms with Gasteiger partial charge < -0.3 is 4.90 Å². The summed E-state index contributed by atoms with van der Waals surface area (Å²) in [5, 5.41) is 10.0. The smallest absolute Gasteiger partial charge is 0.103 e. The first-order valence-corrected chi connectivity index (χ1v) is 5.58. The van der Waals surface area contributed by atoms with Crippen LogP contribution < -0.4 is 4.90 Å². The Labute approximate surface area is 102 Å². The van der Waals surface area contributed by atoms with E-state index >= 15 is 0 Å². The number of hydrogen-bond acceptors (Lipinski definition) is 3. The Hall–Kier alpha value is -1.60. The summed E-state index contributed by atoms with van der Waals surface area (Å²) in [5.74, 6) is 0. The second-order valence-electron chi connectivity index (χ2n) is 3.69. The van der Waals surface area contributed by atoms with Crippen molar-refractivity contribution in [2.45, 2.75) is 0 Å². The average molecular weight is 276 g/mol. The van der Waals surface area contributed by atoms with Crippen LogP contribution in [-0.4, -0.2) is 19.1 Å². The molecule has 0 saturated carbocycles. The predicted octanol–water partition coefficient (Wildman–Crippen LogP) is 2.93. The summed E-state index contributed by atoms with van der Waals surface area (Å²) in [6.45, 7) is 0. The van der Waals surface area contributed by atoms with Crippen molar-refractivity contribution in [3.63, 3.8) is 0 Å². The molecule has 0 atom stereocenters. The van der Waals surface area contributed by atoms with Crippen molar-refractivity contribution in [2.75, 3.05) is 19.0 Å². The first kappa shape index (κ1) is 10.9. The van der Waals surface area contributed by atoms with Gasteiger partial charge in [0.15, 0.2) is 0 Å². The molecular formula is C12H10BrN3. The highest BCUT2D eigenvalue weighted by molar-refractivity contribution is 9.10. The molecule has 0 amide bonds. The Balaban J connectivity index is 2.85. The molecular weight excluding hydrogens is 266 g/mol. The lowest BCUT2D eigenvalue weighted by atomic mass is 10.1. The molecule has 16 heavy (non-hydrogen) atoms. The minimum Gasteiger partial charge on any atom is -0.376 e. The maximum Gasteiger partial charge on any atom is 0.103 e.